The second-order valence-electron chi connectivity index (χ2n) is 3.78. The van der Waals surface area contributed by atoms with Gasteiger partial charge in [-0.15, -0.1) is 0 Å². The Balaban J connectivity index is 2.41. The normalized spacial score (nSPS) is 10.1. The predicted octanol–water partition coefficient (Wildman–Crippen LogP) is 3.48. The van der Waals surface area contributed by atoms with E-state index in [1.165, 1.54) is 6.07 Å². The number of rotatable bonds is 4. The Morgan fingerprint density at radius 3 is 2.45 bits per heavy atom. The molecule has 0 bridgehead atoms. The highest BCUT2D eigenvalue weighted by Crippen LogP contribution is 2.33. The molecule has 102 valence electrons. The number of carbonyl (C=O) groups is 1. The highest BCUT2D eigenvalue weighted by Gasteiger charge is 2.18. The maximum Gasteiger partial charge on any atom is 0.311 e. The Morgan fingerprint density at radius 2 is 1.85 bits per heavy atom. The third kappa shape index (κ3) is 2.77. The Morgan fingerprint density at radius 1 is 1.10 bits per heavy atom. The molecule has 0 aromatic heterocycles. The van der Waals surface area contributed by atoms with Gasteiger partial charge in [0.2, 0.25) is 5.75 Å². The summed E-state index contributed by atoms with van der Waals surface area (Å²) in [6.07, 6.45) is 0.442. The van der Waals surface area contributed by atoms with Crippen LogP contribution in [0.4, 0.5) is 14.5 Å². The van der Waals surface area contributed by atoms with E-state index >= 15 is 0 Å². The molecule has 0 fully saturated rings. The minimum Gasteiger partial charge on any atom is -0.447 e. The largest absolute Gasteiger partial charge is 0.447 e. The van der Waals surface area contributed by atoms with Crippen LogP contribution in [0.15, 0.2) is 36.4 Å². The van der Waals surface area contributed by atoms with Gasteiger partial charge in [0.15, 0.2) is 11.6 Å². The van der Waals surface area contributed by atoms with Gasteiger partial charge in [0, 0.05) is 17.7 Å². The first-order valence-corrected chi connectivity index (χ1v) is 5.38. The van der Waals surface area contributed by atoms with Crippen molar-refractivity contribution in [3.63, 3.8) is 0 Å². The molecule has 0 amide bonds. The Labute approximate surface area is 111 Å². The molecule has 7 heteroatoms. The van der Waals surface area contributed by atoms with Crippen molar-refractivity contribution in [2.24, 2.45) is 0 Å². The SMILES string of the molecule is O=Cc1ccc(Oc2cc(F)ccc2[N+](=O)[O-])c(F)c1. The lowest BCUT2D eigenvalue weighted by Crippen LogP contribution is -1.96. The van der Waals surface area contributed by atoms with Gasteiger partial charge in [-0.25, -0.2) is 8.78 Å². The monoisotopic (exact) mass is 279 g/mol. The van der Waals surface area contributed by atoms with Crippen molar-refractivity contribution in [2.45, 2.75) is 0 Å². The van der Waals surface area contributed by atoms with Crippen molar-refractivity contribution in [1.82, 2.24) is 0 Å². The van der Waals surface area contributed by atoms with Crippen molar-refractivity contribution in [1.29, 1.82) is 0 Å². The van der Waals surface area contributed by atoms with Gasteiger partial charge in [0.05, 0.1) is 4.92 Å². The molecule has 5 nitrogen and oxygen atoms in total. The Kier molecular flexibility index (Phi) is 3.69. The van der Waals surface area contributed by atoms with E-state index in [4.69, 9.17) is 4.74 Å². The summed E-state index contributed by atoms with van der Waals surface area (Å²) in [5, 5.41) is 10.8. The summed E-state index contributed by atoms with van der Waals surface area (Å²) in [5.41, 5.74) is -0.408. The van der Waals surface area contributed by atoms with Crippen LogP contribution in [0.2, 0.25) is 0 Å². The number of halogens is 2. The van der Waals surface area contributed by atoms with Crippen molar-refractivity contribution >= 4 is 12.0 Å². The molecule has 2 aromatic carbocycles. The maximum atomic E-state index is 13.6. The standard InChI is InChI=1S/C13H7F2NO4/c14-9-2-3-11(16(18)19)13(6-9)20-12-4-1-8(7-17)5-10(12)15/h1-7H. The minimum atomic E-state index is -0.881. The number of nitro groups is 1. The number of aldehydes is 1. The molecular weight excluding hydrogens is 272 g/mol. The van der Waals surface area contributed by atoms with Crippen LogP contribution >= 0.6 is 0 Å². The summed E-state index contributed by atoms with van der Waals surface area (Å²) in [4.78, 5) is 20.5. The van der Waals surface area contributed by atoms with E-state index in [2.05, 4.69) is 0 Å². The summed E-state index contributed by atoms with van der Waals surface area (Å²) < 4.78 is 31.7. The van der Waals surface area contributed by atoms with Crippen molar-refractivity contribution in [2.75, 3.05) is 0 Å². The lowest BCUT2D eigenvalue weighted by atomic mass is 10.2. The average Bonchev–Trinajstić information content (AvgIpc) is 2.40. The lowest BCUT2D eigenvalue weighted by molar-refractivity contribution is -0.385. The fourth-order valence-corrected chi connectivity index (χ4v) is 1.51. The molecule has 2 aromatic rings. The highest BCUT2D eigenvalue weighted by molar-refractivity contribution is 5.75. The van der Waals surface area contributed by atoms with Crippen LogP contribution in [0.25, 0.3) is 0 Å². The molecule has 0 unspecified atom stereocenters. The van der Waals surface area contributed by atoms with Gasteiger partial charge < -0.3 is 4.74 Å². The maximum absolute atomic E-state index is 13.6. The van der Waals surface area contributed by atoms with Crippen molar-refractivity contribution in [3.8, 4) is 11.5 Å². The lowest BCUT2D eigenvalue weighted by Gasteiger charge is -2.07. The quantitative estimate of drug-likeness (QED) is 0.488. The zero-order valence-electron chi connectivity index (χ0n) is 9.88. The van der Waals surface area contributed by atoms with Crippen LogP contribution in [0.1, 0.15) is 10.4 Å². The van der Waals surface area contributed by atoms with Crippen LogP contribution in [0.3, 0.4) is 0 Å². The van der Waals surface area contributed by atoms with Gasteiger partial charge in [-0.1, -0.05) is 0 Å². The first-order valence-electron chi connectivity index (χ1n) is 5.38. The predicted molar refractivity (Wildman–Crippen MR) is 64.9 cm³/mol. The summed E-state index contributed by atoms with van der Waals surface area (Å²) >= 11 is 0. The van der Waals surface area contributed by atoms with E-state index in [1.807, 2.05) is 0 Å². The molecule has 2 rings (SSSR count). The van der Waals surface area contributed by atoms with E-state index in [0.29, 0.717) is 6.29 Å². The Hall–Kier alpha value is -2.83. The molecule has 0 aliphatic carbocycles. The molecule has 0 radical (unpaired) electrons. The molecule has 0 saturated carbocycles. The number of nitrogens with zero attached hydrogens (tertiary/aromatic N) is 1. The van der Waals surface area contributed by atoms with E-state index in [9.17, 15) is 23.7 Å². The molecule has 0 heterocycles. The first-order chi connectivity index (χ1) is 9.51. The highest BCUT2D eigenvalue weighted by atomic mass is 19.1. The summed E-state index contributed by atoms with van der Waals surface area (Å²) in [7, 11) is 0. The van der Waals surface area contributed by atoms with Gasteiger partial charge in [-0.3, -0.25) is 14.9 Å². The third-order valence-corrected chi connectivity index (χ3v) is 2.43. The molecule has 0 atom stereocenters. The van der Waals surface area contributed by atoms with Crippen LogP contribution in [0.5, 0.6) is 11.5 Å². The fourth-order valence-electron chi connectivity index (χ4n) is 1.51. The first kappa shape index (κ1) is 13.6. The second kappa shape index (κ2) is 5.43. The molecule has 0 aliphatic rings. The van der Waals surface area contributed by atoms with Crippen molar-refractivity contribution in [3.05, 3.63) is 63.7 Å². The number of hydrogen-bond acceptors (Lipinski definition) is 4. The minimum absolute atomic E-state index is 0.0867. The number of ether oxygens (including phenoxy) is 1. The van der Waals surface area contributed by atoms with Gasteiger partial charge in [-0.05, 0) is 24.3 Å². The van der Waals surface area contributed by atoms with Gasteiger partial charge in [0.1, 0.15) is 12.1 Å². The number of nitro benzene ring substituents is 1. The molecule has 0 aliphatic heterocycles. The van der Waals surface area contributed by atoms with Crippen LogP contribution in [-0.4, -0.2) is 11.2 Å². The zero-order valence-corrected chi connectivity index (χ0v) is 9.88. The van der Waals surface area contributed by atoms with Crippen molar-refractivity contribution < 1.29 is 23.2 Å². The molecule has 20 heavy (non-hydrogen) atoms. The van der Waals surface area contributed by atoms with Gasteiger partial charge in [0.25, 0.3) is 0 Å². The fraction of sp³-hybridized carbons (Fsp3) is 0. The van der Waals surface area contributed by atoms with Crippen LogP contribution < -0.4 is 4.74 Å². The van der Waals surface area contributed by atoms with Gasteiger partial charge >= 0.3 is 5.69 Å². The summed E-state index contributed by atoms with van der Waals surface area (Å²) in [5.74, 6) is -2.40. The van der Waals surface area contributed by atoms with E-state index in [1.54, 1.807) is 0 Å². The molecular formula is C13H7F2NO4. The number of benzene rings is 2. The molecule has 0 N–H and O–H groups in total. The van der Waals surface area contributed by atoms with E-state index in [0.717, 1.165) is 30.3 Å². The molecule has 0 spiro atoms. The van der Waals surface area contributed by atoms with E-state index < -0.39 is 28.0 Å². The van der Waals surface area contributed by atoms with Crippen LogP contribution in [-0.2, 0) is 0 Å². The zero-order chi connectivity index (χ0) is 14.7. The smallest absolute Gasteiger partial charge is 0.311 e. The summed E-state index contributed by atoms with van der Waals surface area (Å²) in [6.45, 7) is 0. The third-order valence-electron chi connectivity index (χ3n) is 2.43. The second-order valence-corrected chi connectivity index (χ2v) is 3.78. The Bertz CT molecular complexity index is 688. The van der Waals surface area contributed by atoms with Gasteiger partial charge in [-0.2, -0.15) is 0 Å². The molecule has 0 saturated heterocycles. The summed E-state index contributed by atoms with van der Waals surface area (Å²) in [6, 6.07) is 5.92. The van der Waals surface area contributed by atoms with Crippen LogP contribution in [0, 0.1) is 21.7 Å². The topological polar surface area (TPSA) is 69.4 Å². The number of hydrogen-bond donors (Lipinski definition) is 0. The number of carbonyl (C=O) groups excluding carboxylic acids is 1. The average molecular weight is 279 g/mol. The van der Waals surface area contributed by atoms with E-state index in [-0.39, 0.29) is 11.3 Å².